The maximum atomic E-state index is 12.8. The Balaban J connectivity index is 1.60. The van der Waals surface area contributed by atoms with E-state index in [1.165, 1.54) is 4.90 Å². The van der Waals surface area contributed by atoms with Gasteiger partial charge in [0.25, 0.3) is 5.91 Å². The second-order valence-corrected chi connectivity index (χ2v) is 7.58. The first kappa shape index (κ1) is 20.3. The molecule has 1 aliphatic heterocycles. The van der Waals surface area contributed by atoms with Gasteiger partial charge >= 0.3 is 0 Å². The highest BCUT2D eigenvalue weighted by molar-refractivity contribution is 6.31. The quantitative estimate of drug-likeness (QED) is 0.714. The molecule has 0 saturated carbocycles. The van der Waals surface area contributed by atoms with E-state index in [9.17, 15) is 9.90 Å². The molecular formula is C21H27ClN3O3+. The second kappa shape index (κ2) is 8.71. The summed E-state index contributed by atoms with van der Waals surface area (Å²) in [5.74, 6) is 0.794. The van der Waals surface area contributed by atoms with Crippen molar-refractivity contribution in [3.05, 3.63) is 47.0 Å². The van der Waals surface area contributed by atoms with Crippen LogP contribution >= 0.6 is 11.6 Å². The molecular weight excluding hydrogens is 378 g/mol. The Labute approximate surface area is 170 Å². The maximum Gasteiger partial charge on any atom is 0.282 e. The number of phenols is 1. The molecule has 1 heterocycles. The summed E-state index contributed by atoms with van der Waals surface area (Å²) in [6.45, 7) is 7.31. The number of aromatic hydroxyl groups is 1. The van der Waals surface area contributed by atoms with E-state index < -0.39 is 0 Å². The van der Waals surface area contributed by atoms with Crippen LogP contribution in [0.1, 0.15) is 12.5 Å². The molecule has 1 aliphatic rings. The Bertz CT molecular complexity index is 834. The summed E-state index contributed by atoms with van der Waals surface area (Å²) in [7, 11) is 1.56. The van der Waals surface area contributed by atoms with Crippen LogP contribution in [0.5, 0.6) is 11.5 Å². The Kier molecular flexibility index (Phi) is 6.31. The number of nitrogens with one attached hydrogen (secondary N) is 2. The predicted molar refractivity (Wildman–Crippen MR) is 112 cm³/mol. The first-order valence-corrected chi connectivity index (χ1v) is 9.80. The van der Waals surface area contributed by atoms with E-state index in [2.05, 4.69) is 10.2 Å². The van der Waals surface area contributed by atoms with Crippen LogP contribution < -0.4 is 19.9 Å². The molecule has 0 bridgehead atoms. The lowest BCUT2D eigenvalue weighted by molar-refractivity contribution is -0.914. The van der Waals surface area contributed by atoms with Gasteiger partial charge in [0, 0.05) is 16.8 Å². The van der Waals surface area contributed by atoms with Crippen LogP contribution in [0.3, 0.4) is 0 Å². The fourth-order valence-corrected chi connectivity index (χ4v) is 3.66. The van der Waals surface area contributed by atoms with Gasteiger partial charge in [-0.25, -0.2) is 0 Å². The molecule has 3 rings (SSSR count). The number of ether oxygens (including phenoxy) is 1. The number of carbonyl (C=O) groups excluding carboxylic acids is 1. The average molecular weight is 405 g/mol. The molecule has 1 saturated heterocycles. The van der Waals surface area contributed by atoms with Crippen molar-refractivity contribution in [2.75, 3.05) is 43.5 Å². The lowest BCUT2D eigenvalue weighted by Crippen LogP contribution is -3.19. The smallest absolute Gasteiger partial charge is 0.282 e. The van der Waals surface area contributed by atoms with Gasteiger partial charge < -0.3 is 25.0 Å². The number of amides is 1. The molecule has 2 aromatic rings. The number of phenolic OH excluding ortho intramolecular Hbond substituents is 1. The molecule has 1 atom stereocenters. The van der Waals surface area contributed by atoms with E-state index in [1.807, 2.05) is 32.0 Å². The molecule has 150 valence electrons. The number of halogens is 1. The monoisotopic (exact) mass is 404 g/mol. The molecule has 1 amide bonds. The van der Waals surface area contributed by atoms with Gasteiger partial charge in [0.2, 0.25) is 0 Å². The van der Waals surface area contributed by atoms with Crippen molar-refractivity contribution in [3.8, 4) is 11.5 Å². The maximum absolute atomic E-state index is 12.8. The highest BCUT2D eigenvalue weighted by atomic mass is 35.5. The van der Waals surface area contributed by atoms with Gasteiger partial charge in [0.15, 0.2) is 6.04 Å². The van der Waals surface area contributed by atoms with Gasteiger partial charge in [-0.2, -0.15) is 0 Å². The van der Waals surface area contributed by atoms with E-state index in [0.717, 1.165) is 37.4 Å². The third kappa shape index (κ3) is 4.51. The summed E-state index contributed by atoms with van der Waals surface area (Å²) < 4.78 is 5.35. The first-order chi connectivity index (χ1) is 13.4. The second-order valence-electron chi connectivity index (χ2n) is 7.17. The van der Waals surface area contributed by atoms with Crippen LogP contribution in [0.25, 0.3) is 0 Å². The lowest BCUT2D eigenvalue weighted by Gasteiger charge is -2.36. The van der Waals surface area contributed by atoms with Crippen molar-refractivity contribution in [2.24, 2.45) is 0 Å². The van der Waals surface area contributed by atoms with Crippen LogP contribution in [-0.4, -0.2) is 50.3 Å². The number of nitrogens with zero attached hydrogens (tertiary/aromatic N) is 1. The Hall–Kier alpha value is -2.44. The number of piperazine rings is 1. The Morgan fingerprint density at radius 2 is 1.89 bits per heavy atom. The lowest BCUT2D eigenvalue weighted by atomic mass is 10.1. The number of carbonyl (C=O) groups is 1. The minimum absolute atomic E-state index is 0.0342. The minimum Gasteiger partial charge on any atom is -0.508 e. The molecule has 1 fully saturated rings. The Morgan fingerprint density at radius 3 is 2.50 bits per heavy atom. The molecule has 2 aromatic carbocycles. The number of benzene rings is 2. The van der Waals surface area contributed by atoms with Gasteiger partial charge in [-0.05, 0) is 49.7 Å². The SMILES string of the molecule is COc1cc(Cl)c(C)cc1NC(=O)[C@@H](C)[NH+]1CCN(c2ccc(O)cc2)CC1. The summed E-state index contributed by atoms with van der Waals surface area (Å²) in [6, 6.07) is 10.6. The highest BCUT2D eigenvalue weighted by Gasteiger charge is 2.29. The molecule has 0 radical (unpaired) electrons. The summed E-state index contributed by atoms with van der Waals surface area (Å²) in [4.78, 5) is 16.3. The van der Waals surface area contributed by atoms with Crippen molar-refractivity contribution in [1.82, 2.24) is 0 Å². The fourth-order valence-electron chi connectivity index (χ4n) is 3.50. The molecule has 0 spiro atoms. The summed E-state index contributed by atoms with van der Waals surface area (Å²) in [5, 5.41) is 13.0. The van der Waals surface area contributed by atoms with E-state index in [0.29, 0.717) is 16.5 Å². The van der Waals surface area contributed by atoms with Crippen LogP contribution in [0, 0.1) is 6.92 Å². The average Bonchev–Trinajstić information content (AvgIpc) is 2.70. The number of quaternary nitrogens is 1. The van der Waals surface area contributed by atoms with E-state index >= 15 is 0 Å². The number of hydrogen-bond acceptors (Lipinski definition) is 4. The van der Waals surface area contributed by atoms with Crippen molar-refractivity contribution in [1.29, 1.82) is 0 Å². The molecule has 0 unspecified atom stereocenters. The molecule has 7 heteroatoms. The van der Waals surface area contributed by atoms with Crippen molar-refractivity contribution in [3.63, 3.8) is 0 Å². The number of aryl methyl sites for hydroxylation is 1. The Morgan fingerprint density at radius 1 is 1.25 bits per heavy atom. The predicted octanol–water partition coefficient (Wildman–Crippen LogP) is 2.09. The van der Waals surface area contributed by atoms with Crippen molar-refractivity contribution >= 4 is 28.9 Å². The molecule has 3 N–H and O–H groups in total. The standard InChI is InChI=1S/C21H26ClN3O3/c1-14-12-19(20(28-3)13-18(14)22)23-21(27)15(2)24-8-10-25(11-9-24)16-4-6-17(26)7-5-16/h4-7,12-13,15,26H,8-11H2,1-3H3,(H,23,27)/p+1/t15-/m1/s1. The summed E-state index contributed by atoms with van der Waals surface area (Å²) in [6.07, 6.45) is 0. The zero-order valence-electron chi connectivity index (χ0n) is 16.5. The first-order valence-electron chi connectivity index (χ1n) is 9.42. The minimum atomic E-state index is -0.178. The zero-order valence-corrected chi connectivity index (χ0v) is 17.2. The van der Waals surface area contributed by atoms with Gasteiger partial charge in [0.05, 0.1) is 39.0 Å². The molecule has 6 nitrogen and oxygen atoms in total. The normalized spacial score (nSPS) is 15.9. The molecule has 0 aromatic heterocycles. The van der Waals surface area contributed by atoms with Gasteiger partial charge in [-0.1, -0.05) is 11.6 Å². The number of methoxy groups -OCH3 is 1. The largest absolute Gasteiger partial charge is 0.508 e. The number of anilines is 2. The van der Waals surface area contributed by atoms with Crippen molar-refractivity contribution in [2.45, 2.75) is 19.9 Å². The van der Waals surface area contributed by atoms with Crippen LogP contribution in [0.4, 0.5) is 11.4 Å². The van der Waals surface area contributed by atoms with Crippen LogP contribution in [0.2, 0.25) is 5.02 Å². The highest BCUT2D eigenvalue weighted by Crippen LogP contribution is 2.31. The van der Waals surface area contributed by atoms with Gasteiger partial charge in [-0.3, -0.25) is 4.79 Å². The third-order valence-electron chi connectivity index (χ3n) is 5.36. The van der Waals surface area contributed by atoms with E-state index in [-0.39, 0.29) is 17.7 Å². The van der Waals surface area contributed by atoms with Crippen LogP contribution in [-0.2, 0) is 4.79 Å². The summed E-state index contributed by atoms with van der Waals surface area (Å²) >= 11 is 6.14. The van der Waals surface area contributed by atoms with Crippen LogP contribution in [0.15, 0.2) is 36.4 Å². The molecule has 0 aliphatic carbocycles. The number of hydrogen-bond donors (Lipinski definition) is 3. The summed E-state index contributed by atoms with van der Waals surface area (Å²) in [5.41, 5.74) is 2.62. The van der Waals surface area contributed by atoms with Gasteiger partial charge in [-0.15, -0.1) is 0 Å². The molecule has 28 heavy (non-hydrogen) atoms. The van der Waals surface area contributed by atoms with E-state index in [1.54, 1.807) is 25.3 Å². The third-order valence-corrected chi connectivity index (χ3v) is 5.77. The van der Waals surface area contributed by atoms with E-state index in [4.69, 9.17) is 16.3 Å². The van der Waals surface area contributed by atoms with Crippen molar-refractivity contribution < 1.29 is 19.5 Å². The van der Waals surface area contributed by atoms with Gasteiger partial charge in [0.1, 0.15) is 11.5 Å². The fraction of sp³-hybridized carbons (Fsp3) is 0.381. The number of rotatable bonds is 5. The topological polar surface area (TPSA) is 66.2 Å². The zero-order chi connectivity index (χ0) is 20.3.